The van der Waals surface area contributed by atoms with Crippen molar-refractivity contribution in [2.45, 2.75) is 61.4 Å². The second kappa shape index (κ2) is 7.77. The molecule has 1 aliphatic heterocycles. The lowest BCUT2D eigenvalue weighted by Gasteiger charge is -2.46. The van der Waals surface area contributed by atoms with Crippen molar-refractivity contribution in [3.05, 3.63) is 35.1 Å². The fraction of sp³-hybridized carbons (Fsp3) is 0.526. The third-order valence-corrected chi connectivity index (χ3v) is 5.24. The summed E-state index contributed by atoms with van der Waals surface area (Å²) < 4.78 is -1.76. The predicted molar refractivity (Wildman–Crippen MR) is 117 cm³/mol. The van der Waals surface area contributed by atoms with Crippen LogP contribution in [0.2, 0.25) is 5.02 Å². The summed E-state index contributed by atoms with van der Waals surface area (Å²) in [6.45, 7) is 8.72. The van der Waals surface area contributed by atoms with Crippen molar-refractivity contribution in [3.63, 3.8) is 0 Å². The third-order valence-electron chi connectivity index (χ3n) is 4.50. The molecule has 0 amide bonds. The number of piperidine rings is 1. The average Bonchev–Trinajstić information content (AvgIpc) is 2.50. The monoisotopic (exact) mass is 461 g/mol. The summed E-state index contributed by atoms with van der Waals surface area (Å²) in [5, 5.41) is 7.65. The molecule has 0 saturated carbocycles. The van der Waals surface area contributed by atoms with Gasteiger partial charge in [-0.25, -0.2) is 4.98 Å². The van der Waals surface area contributed by atoms with Gasteiger partial charge < -0.3 is 10.6 Å². The molecule has 2 aromatic rings. The largest absolute Gasteiger partial charge is 0.351 e. The molecule has 1 fully saturated rings. The van der Waals surface area contributed by atoms with E-state index in [9.17, 15) is 0 Å². The van der Waals surface area contributed by atoms with E-state index < -0.39 is 3.79 Å². The molecule has 0 bridgehead atoms. The summed E-state index contributed by atoms with van der Waals surface area (Å²) in [6, 6.07) is 7.37. The van der Waals surface area contributed by atoms with Gasteiger partial charge in [0.25, 0.3) is 0 Å². The zero-order valence-electron chi connectivity index (χ0n) is 16.2. The molecule has 2 heterocycles. The SMILES string of the molecule is CC1(C)CC(Nc2nc(-c3cccc(Cl)c3)nc(C(Cl)(Cl)Cl)n2)CC(C)(C)N1. The Morgan fingerprint density at radius 2 is 1.68 bits per heavy atom. The van der Waals surface area contributed by atoms with Crippen molar-refractivity contribution in [3.8, 4) is 11.4 Å². The molecule has 0 atom stereocenters. The van der Waals surface area contributed by atoms with Crippen LogP contribution in [0, 0.1) is 0 Å². The highest BCUT2D eigenvalue weighted by Gasteiger charge is 2.38. The Morgan fingerprint density at radius 1 is 1.04 bits per heavy atom. The van der Waals surface area contributed by atoms with Crippen LogP contribution >= 0.6 is 46.4 Å². The molecular formula is C19H23Cl4N5. The van der Waals surface area contributed by atoms with E-state index in [-0.39, 0.29) is 22.9 Å². The van der Waals surface area contributed by atoms with Crippen LogP contribution in [0.25, 0.3) is 11.4 Å². The maximum absolute atomic E-state index is 6.11. The van der Waals surface area contributed by atoms with Crippen LogP contribution in [0.5, 0.6) is 0 Å². The number of halogens is 4. The Hall–Kier alpha value is -0.850. The van der Waals surface area contributed by atoms with Gasteiger partial charge in [0.05, 0.1) is 0 Å². The first-order valence-electron chi connectivity index (χ1n) is 8.98. The minimum atomic E-state index is -1.76. The quantitative estimate of drug-likeness (QED) is 0.569. The summed E-state index contributed by atoms with van der Waals surface area (Å²) in [5.74, 6) is 0.844. The number of nitrogens with one attached hydrogen (secondary N) is 2. The lowest BCUT2D eigenvalue weighted by Crippen LogP contribution is -2.60. The minimum Gasteiger partial charge on any atom is -0.351 e. The number of nitrogens with zero attached hydrogens (tertiary/aromatic N) is 3. The Bertz CT molecular complexity index is 848. The Labute approximate surface area is 185 Å². The van der Waals surface area contributed by atoms with E-state index in [1.54, 1.807) is 12.1 Å². The standard InChI is InChI=1S/C19H23Cl4N5/c1-17(2)9-13(10-18(3,4)28-17)24-16-26-14(11-6-5-7-12(20)8-11)25-15(27-16)19(21,22)23/h5-8,13,28H,9-10H2,1-4H3,(H,24,25,26,27). The number of benzene rings is 1. The van der Waals surface area contributed by atoms with Gasteiger partial charge in [0.15, 0.2) is 11.6 Å². The highest BCUT2D eigenvalue weighted by atomic mass is 35.6. The molecule has 2 N–H and O–H groups in total. The fourth-order valence-corrected chi connectivity index (χ4v) is 4.37. The van der Waals surface area contributed by atoms with Gasteiger partial charge in [0.1, 0.15) is 0 Å². The highest BCUT2D eigenvalue weighted by Crippen LogP contribution is 2.37. The van der Waals surface area contributed by atoms with Crippen molar-refractivity contribution in [2.75, 3.05) is 5.32 Å². The Kier molecular flexibility index (Phi) is 6.06. The highest BCUT2D eigenvalue weighted by molar-refractivity contribution is 6.66. The number of aromatic nitrogens is 3. The Morgan fingerprint density at radius 3 is 2.25 bits per heavy atom. The topological polar surface area (TPSA) is 62.7 Å². The van der Waals surface area contributed by atoms with Crippen LogP contribution in [0.15, 0.2) is 24.3 Å². The van der Waals surface area contributed by atoms with Gasteiger partial charge in [-0.1, -0.05) is 58.5 Å². The molecule has 0 aliphatic carbocycles. The molecule has 1 saturated heterocycles. The smallest absolute Gasteiger partial charge is 0.250 e. The van der Waals surface area contributed by atoms with E-state index in [4.69, 9.17) is 46.4 Å². The van der Waals surface area contributed by atoms with E-state index >= 15 is 0 Å². The van der Waals surface area contributed by atoms with Gasteiger partial charge in [-0.2, -0.15) is 9.97 Å². The molecule has 1 aromatic carbocycles. The molecule has 9 heteroatoms. The fourth-order valence-electron chi connectivity index (χ4n) is 3.93. The first-order chi connectivity index (χ1) is 12.8. The van der Waals surface area contributed by atoms with E-state index in [0.29, 0.717) is 16.8 Å². The summed E-state index contributed by atoms with van der Waals surface area (Å²) in [6.07, 6.45) is 1.80. The summed E-state index contributed by atoms with van der Waals surface area (Å²) in [4.78, 5) is 13.3. The Balaban J connectivity index is 1.97. The van der Waals surface area contributed by atoms with Crippen molar-refractivity contribution >= 4 is 52.4 Å². The van der Waals surface area contributed by atoms with Crippen LogP contribution in [0.4, 0.5) is 5.95 Å². The zero-order chi connectivity index (χ0) is 20.7. The minimum absolute atomic E-state index is 0.0275. The van der Waals surface area contributed by atoms with Gasteiger partial charge in [0.2, 0.25) is 9.74 Å². The first kappa shape index (κ1) is 21.8. The lowest BCUT2D eigenvalue weighted by molar-refractivity contribution is 0.170. The van der Waals surface area contributed by atoms with Crippen LogP contribution in [-0.2, 0) is 3.79 Å². The normalized spacial score (nSPS) is 19.4. The van der Waals surface area contributed by atoms with Crippen molar-refractivity contribution in [1.29, 1.82) is 0 Å². The van der Waals surface area contributed by atoms with Crippen LogP contribution in [0.3, 0.4) is 0 Å². The number of hydrogen-bond donors (Lipinski definition) is 2. The average molecular weight is 463 g/mol. The summed E-state index contributed by atoms with van der Waals surface area (Å²) >= 11 is 24.3. The van der Waals surface area contributed by atoms with Crippen LogP contribution < -0.4 is 10.6 Å². The third kappa shape index (κ3) is 5.61. The molecule has 0 spiro atoms. The number of hydrogen-bond acceptors (Lipinski definition) is 5. The van der Waals surface area contributed by atoms with E-state index in [1.807, 2.05) is 12.1 Å². The molecule has 3 rings (SSSR count). The maximum atomic E-state index is 6.11. The molecular weight excluding hydrogens is 440 g/mol. The molecule has 1 aromatic heterocycles. The summed E-state index contributed by atoms with van der Waals surface area (Å²) in [5.41, 5.74) is 0.667. The van der Waals surface area contributed by atoms with Crippen molar-refractivity contribution in [1.82, 2.24) is 20.3 Å². The number of anilines is 1. The number of rotatable bonds is 3. The summed E-state index contributed by atoms with van der Waals surface area (Å²) in [7, 11) is 0. The van der Waals surface area contributed by atoms with E-state index in [0.717, 1.165) is 18.4 Å². The van der Waals surface area contributed by atoms with E-state index in [1.165, 1.54) is 0 Å². The van der Waals surface area contributed by atoms with Gasteiger partial charge in [-0.15, -0.1) is 0 Å². The molecule has 28 heavy (non-hydrogen) atoms. The molecule has 152 valence electrons. The molecule has 1 aliphatic rings. The maximum Gasteiger partial charge on any atom is 0.250 e. The molecule has 5 nitrogen and oxygen atoms in total. The van der Waals surface area contributed by atoms with Gasteiger partial charge >= 0.3 is 0 Å². The second-order valence-electron chi connectivity index (χ2n) is 8.46. The second-order valence-corrected chi connectivity index (χ2v) is 11.2. The molecule has 0 unspecified atom stereocenters. The lowest BCUT2D eigenvalue weighted by atomic mass is 9.80. The van der Waals surface area contributed by atoms with Crippen LogP contribution in [0.1, 0.15) is 46.4 Å². The van der Waals surface area contributed by atoms with Crippen LogP contribution in [-0.4, -0.2) is 32.1 Å². The van der Waals surface area contributed by atoms with Crippen molar-refractivity contribution < 1.29 is 0 Å². The predicted octanol–water partition coefficient (Wildman–Crippen LogP) is 5.74. The molecule has 0 radical (unpaired) electrons. The zero-order valence-corrected chi connectivity index (χ0v) is 19.2. The van der Waals surface area contributed by atoms with E-state index in [2.05, 4.69) is 53.3 Å². The first-order valence-corrected chi connectivity index (χ1v) is 10.5. The van der Waals surface area contributed by atoms with Gasteiger partial charge in [-0.05, 0) is 52.7 Å². The number of alkyl halides is 3. The van der Waals surface area contributed by atoms with Crippen molar-refractivity contribution in [2.24, 2.45) is 0 Å². The van der Waals surface area contributed by atoms with Gasteiger partial charge in [-0.3, -0.25) is 0 Å². The van der Waals surface area contributed by atoms with Gasteiger partial charge in [0, 0.05) is 27.7 Å².